The number of amides is 3. The van der Waals surface area contributed by atoms with Crippen molar-refractivity contribution in [3.05, 3.63) is 70.8 Å². The van der Waals surface area contributed by atoms with E-state index in [1.54, 1.807) is 36.4 Å². The van der Waals surface area contributed by atoms with Gasteiger partial charge in [0.1, 0.15) is 0 Å². The highest BCUT2D eigenvalue weighted by Crippen LogP contribution is 2.20. The Bertz CT molecular complexity index is 825. The summed E-state index contributed by atoms with van der Waals surface area (Å²) in [7, 11) is 2.95. The van der Waals surface area contributed by atoms with Gasteiger partial charge in [0.25, 0.3) is 17.7 Å². The average molecular weight is 340 g/mol. The number of nitrogens with one attached hydrogen (secondary N) is 1. The minimum absolute atomic E-state index is 0.0156. The molecule has 7 heteroatoms. The molecule has 2 N–H and O–H groups in total. The van der Waals surface area contributed by atoms with Gasteiger partial charge in [0, 0.05) is 14.1 Å². The van der Waals surface area contributed by atoms with Crippen LogP contribution in [0.2, 0.25) is 0 Å². The topological polar surface area (TPSA) is 104 Å². The first kappa shape index (κ1) is 17.9. The molecule has 0 spiro atoms. The van der Waals surface area contributed by atoms with Crippen LogP contribution < -0.4 is 5.32 Å². The molecule has 128 valence electrons. The zero-order valence-corrected chi connectivity index (χ0v) is 13.6. The van der Waals surface area contributed by atoms with Crippen molar-refractivity contribution in [3.63, 3.8) is 0 Å². The Kier molecular flexibility index (Phi) is 5.28. The maximum atomic E-state index is 11.3. The normalized spacial score (nSPS) is 12.2. The summed E-state index contributed by atoms with van der Waals surface area (Å²) in [5.41, 5.74) is 1.20. The quantitative estimate of drug-likeness (QED) is 0.809. The van der Waals surface area contributed by atoms with Gasteiger partial charge in [-0.2, -0.15) is 0 Å². The summed E-state index contributed by atoms with van der Waals surface area (Å²) in [4.78, 5) is 45.6. The molecule has 0 unspecified atom stereocenters. The Hall–Kier alpha value is -3.48. The number of hydrogen-bond acceptors (Lipinski definition) is 4. The first-order chi connectivity index (χ1) is 11.9. The fourth-order valence-electron chi connectivity index (χ4n) is 2.31. The van der Waals surface area contributed by atoms with Crippen LogP contribution in [-0.2, 0) is 0 Å². The van der Waals surface area contributed by atoms with Gasteiger partial charge in [-0.3, -0.25) is 19.3 Å². The molecule has 3 amide bonds. The summed E-state index contributed by atoms with van der Waals surface area (Å²) in [5.74, 6) is -1.91. The minimum atomic E-state index is -1.10. The second-order valence-corrected chi connectivity index (χ2v) is 5.14. The number of carbonyl (C=O) groups is 4. The van der Waals surface area contributed by atoms with Crippen molar-refractivity contribution in [1.29, 1.82) is 0 Å². The smallest absolute Gasteiger partial charge is 0.336 e. The standard InChI is InChI=1S/C9H9NO3.C9H7NO2/c1-10-8(11)6-4-2-3-5-7(6)9(12)13;1-10-8(11)6-4-2-3-5-7(6)9(10)12/h2-5H,1H3,(H,10,11)(H,12,13);2-5H,1H3. The molecule has 0 fully saturated rings. The van der Waals surface area contributed by atoms with E-state index in [1.165, 1.54) is 26.2 Å². The fraction of sp³-hybridized carbons (Fsp3) is 0.111. The molecule has 1 aliphatic heterocycles. The lowest BCUT2D eigenvalue weighted by atomic mass is 10.1. The lowest BCUT2D eigenvalue weighted by molar-refractivity contribution is 0.0680. The largest absolute Gasteiger partial charge is 0.478 e. The molecule has 1 aliphatic rings. The molecular formula is C18H16N2O5. The third-order valence-corrected chi connectivity index (χ3v) is 3.63. The predicted molar refractivity (Wildman–Crippen MR) is 89.7 cm³/mol. The van der Waals surface area contributed by atoms with Crippen LogP contribution in [0, 0.1) is 0 Å². The number of carboxylic acid groups (broad SMARTS) is 1. The highest BCUT2D eigenvalue weighted by atomic mass is 16.4. The van der Waals surface area contributed by atoms with Gasteiger partial charge in [0.05, 0.1) is 22.3 Å². The molecule has 0 aromatic heterocycles. The van der Waals surface area contributed by atoms with Crippen LogP contribution in [0.4, 0.5) is 0 Å². The van der Waals surface area contributed by atoms with Crippen LogP contribution in [-0.4, -0.2) is 47.8 Å². The van der Waals surface area contributed by atoms with Gasteiger partial charge in [0.15, 0.2) is 0 Å². The van der Waals surface area contributed by atoms with E-state index in [9.17, 15) is 19.2 Å². The van der Waals surface area contributed by atoms with Crippen LogP contribution in [0.3, 0.4) is 0 Å². The molecule has 2 aromatic carbocycles. The van der Waals surface area contributed by atoms with Gasteiger partial charge < -0.3 is 10.4 Å². The number of aromatic carboxylic acids is 1. The van der Waals surface area contributed by atoms with Gasteiger partial charge in [0.2, 0.25) is 0 Å². The number of carbonyl (C=O) groups excluding carboxylic acids is 3. The van der Waals surface area contributed by atoms with Crippen LogP contribution in [0.5, 0.6) is 0 Å². The van der Waals surface area contributed by atoms with Gasteiger partial charge in [-0.25, -0.2) is 4.79 Å². The van der Waals surface area contributed by atoms with Crippen molar-refractivity contribution < 1.29 is 24.3 Å². The van der Waals surface area contributed by atoms with E-state index in [1.807, 2.05) is 0 Å². The van der Waals surface area contributed by atoms with Crippen molar-refractivity contribution in [3.8, 4) is 0 Å². The molecule has 0 aliphatic carbocycles. The van der Waals surface area contributed by atoms with Crippen LogP contribution >= 0.6 is 0 Å². The number of hydrogen-bond donors (Lipinski definition) is 2. The Morgan fingerprint density at radius 3 is 1.76 bits per heavy atom. The van der Waals surface area contributed by atoms with Crippen molar-refractivity contribution in [2.45, 2.75) is 0 Å². The minimum Gasteiger partial charge on any atom is -0.478 e. The van der Waals surface area contributed by atoms with E-state index in [0.717, 1.165) is 4.90 Å². The Morgan fingerprint density at radius 2 is 1.32 bits per heavy atom. The van der Waals surface area contributed by atoms with E-state index in [2.05, 4.69) is 5.32 Å². The van der Waals surface area contributed by atoms with Crippen LogP contribution in [0.1, 0.15) is 41.4 Å². The third-order valence-electron chi connectivity index (χ3n) is 3.63. The maximum absolute atomic E-state index is 11.3. The number of nitrogens with zero attached hydrogens (tertiary/aromatic N) is 1. The molecule has 0 saturated heterocycles. The first-order valence-corrected chi connectivity index (χ1v) is 7.34. The zero-order chi connectivity index (χ0) is 18.6. The lowest BCUT2D eigenvalue weighted by Crippen LogP contribution is -2.24. The molecular weight excluding hydrogens is 324 g/mol. The molecule has 0 saturated carbocycles. The molecule has 0 bridgehead atoms. The average Bonchev–Trinajstić information content (AvgIpc) is 2.86. The van der Waals surface area contributed by atoms with E-state index >= 15 is 0 Å². The van der Waals surface area contributed by atoms with Gasteiger partial charge in [-0.1, -0.05) is 24.3 Å². The monoisotopic (exact) mass is 340 g/mol. The Balaban J connectivity index is 0.000000181. The number of imide groups is 1. The number of rotatable bonds is 2. The maximum Gasteiger partial charge on any atom is 0.336 e. The summed E-state index contributed by atoms with van der Waals surface area (Å²) in [6.07, 6.45) is 0. The van der Waals surface area contributed by atoms with E-state index in [0.29, 0.717) is 11.1 Å². The third kappa shape index (κ3) is 3.55. The summed E-state index contributed by atoms with van der Waals surface area (Å²) in [5, 5.41) is 11.1. The summed E-state index contributed by atoms with van der Waals surface area (Å²) >= 11 is 0. The number of carboxylic acids is 1. The summed E-state index contributed by atoms with van der Waals surface area (Å²) in [6.45, 7) is 0. The van der Waals surface area contributed by atoms with Crippen molar-refractivity contribution in [2.24, 2.45) is 0 Å². The molecule has 25 heavy (non-hydrogen) atoms. The summed E-state index contributed by atoms with van der Waals surface area (Å²) in [6, 6.07) is 12.9. The molecule has 0 radical (unpaired) electrons. The molecule has 7 nitrogen and oxygen atoms in total. The van der Waals surface area contributed by atoms with Crippen molar-refractivity contribution >= 4 is 23.7 Å². The highest BCUT2D eigenvalue weighted by molar-refractivity contribution is 6.21. The Labute approximate surface area is 143 Å². The Morgan fingerprint density at radius 1 is 0.880 bits per heavy atom. The fourth-order valence-corrected chi connectivity index (χ4v) is 2.31. The predicted octanol–water partition coefficient (Wildman–Crippen LogP) is 1.66. The molecule has 2 aromatic rings. The van der Waals surface area contributed by atoms with Gasteiger partial charge >= 0.3 is 5.97 Å². The van der Waals surface area contributed by atoms with E-state index in [4.69, 9.17) is 5.11 Å². The molecule has 1 heterocycles. The molecule has 3 rings (SSSR count). The number of fused-ring (bicyclic) bond motifs is 1. The first-order valence-electron chi connectivity index (χ1n) is 7.34. The van der Waals surface area contributed by atoms with Crippen molar-refractivity contribution in [2.75, 3.05) is 14.1 Å². The van der Waals surface area contributed by atoms with Crippen LogP contribution in [0.25, 0.3) is 0 Å². The van der Waals surface area contributed by atoms with E-state index < -0.39 is 11.9 Å². The second-order valence-electron chi connectivity index (χ2n) is 5.14. The van der Waals surface area contributed by atoms with E-state index in [-0.39, 0.29) is 22.9 Å². The van der Waals surface area contributed by atoms with Gasteiger partial charge in [-0.05, 0) is 24.3 Å². The van der Waals surface area contributed by atoms with Crippen LogP contribution in [0.15, 0.2) is 48.5 Å². The van der Waals surface area contributed by atoms with Gasteiger partial charge in [-0.15, -0.1) is 0 Å². The van der Waals surface area contributed by atoms with Crippen molar-refractivity contribution in [1.82, 2.24) is 10.2 Å². The highest BCUT2D eigenvalue weighted by Gasteiger charge is 2.31. The SMILES string of the molecule is CN1C(=O)c2ccccc2C1=O.CNC(=O)c1ccccc1C(=O)O. The summed E-state index contributed by atoms with van der Waals surface area (Å²) < 4.78 is 0. The lowest BCUT2D eigenvalue weighted by Gasteiger charge is -2.02. The zero-order valence-electron chi connectivity index (χ0n) is 13.6. The number of benzene rings is 2. The second kappa shape index (κ2) is 7.39. The molecule has 0 atom stereocenters.